The van der Waals surface area contributed by atoms with Crippen molar-refractivity contribution >= 4 is 5.91 Å². The van der Waals surface area contributed by atoms with Crippen LogP contribution < -0.4 is 5.32 Å². The van der Waals surface area contributed by atoms with Gasteiger partial charge >= 0.3 is 0 Å². The molecule has 1 N–H and O–H groups in total. The monoisotopic (exact) mass is 276 g/mol. The summed E-state index contributed by atoms with van der Waals surface area (Å²) < 4.78 is 5.43. The summed E-state index contributed by atoms with van der Waals surface area (Å²) in [6, 6.07) is 4.05. The molecule has 0 radical (unpaired) electrons. The fraction of sp³-hybridized carbons (Fsp3) is 0.625. The number of rotatable bonds is 6. The molecule has 1 aromatic rings. The van der Waals surface area contributed by atoms with E-state index >= 15 is 0 Å². The zero-order chi connectivity index (χ0) is 14.2. The van der Waals surface area contributed by atoms with Gasteiger partial charge in [0.15, 0.2) is 0 Å². The Kier molecular flexibility index (Phi) is 5.99. The highest BCUT2D eigenvalue weighted by atomic mass is 16.5. The number of nitrogens with zero attached hydrogens (tertiary/aromatic N) is 1. The molecule has 2 rings (SSSR count). The molecule has 4 heteroatoms. The Labute approximate surface area is 120 Å². The van der Waals surface area contributed by atoms with Crippen LogP contribution in [0.3, 0.4) is 0 Å². The maximum Gasteiger partial charge on any atom is 0.220 e. The first kappa shape index (κ1) is 15.0. The molecule has 1 amide bonds. The van der Waals surface area contributed by atoms with Gasteiger partial charge in [-0.2, -0.15) is 0 Å². The zero-order valence-corrected chi connectivity index (χ0v) is 12.2. The Morgan fingerprint density at radius 1 is 1.50 bits per heavy atom. The molecule has 1 atom stereocenters. The van der Waals surface area contributed by atoms with Crippen molar-refractivity contribution in [3.05, 3.63) is 30.1 Å². The van der Waals surface area contributed by atoms with Crippen LogP contribution in [0.4, 0.5) is 0 Å². The van der Waals surface area contributed by atoms with Crippen LogP contribution in [-0.2, 0) is 9.53 Å². The first-order chi connectivity index (χ1) is 9.81. The molecule has 2 heterocycles. The van der Waals surface area contributed by atoms with E-state index in [1.165, 1.54) is 0 Å². The van der Waals surface area contributed by atoms with Gasteiger partial charge in [0.1, 0.15) is 0 Å². The van der Waals surface area contributed by atoms with Crippen LogP contribution in [0.5, 0.6) is 0 Å². The Hall–Kier alpha value is -1.42. The molecular formula is C16H24N2O2. The lowest BCUT2D eigenvalue weighted by atomic mass is 9.87. The second-order valence-corrected chi connectivity index (χ2v) is 5.38. The van der Waals surface area contributed by atoms with Gasteiger partial charge in [0.2, 0.25) is 5.91 Å². The van der Waals surface area contributed by atoms with E-state index in [-0.39, 0.29) is 11.9 Å². The summed E-state index contributed by atoms with van der Waals surface area (Å²) >= 11 is 0. The van der Waals surface area contributed by atoms with Gasteiger partial charge in [-0.3, -0.25) is 9.78 Å². The molecule has 1 fully saturated rings. The predicted octanol–water partition coefficient (Wildman–Crippen LogP) is 2.86. The van der Waals surface area contributed by atoms with Gasteiger partial charge in [-0.1, -0.05) is 19.4 Å². The van der Waals surface area contributed by atoms with Crippen LogP contribution in [0.15, 0.2) is 24.5 Å². The summed E-state index contributed by atoms with van der Waals surface area (Å²) in [6.07, 6.45) is 8.21. The standard InChI is InChI=1S/C16H24N2O2/c1-2-3-6-15(19)18-16(13-7-10-20-11-8-13)14-5-4-9-17-12-14/h4-5,9,12-13,16H,2-3,6-8,10-11H2,1H3,(H,18,19). The van der Waals surface area contributed by atoms with Crippen molar-refractivity contribution < 1.29 is 9.53 Å². The Morgan fingerprint density at radius 3 is 2.95 bits per heavy atom. The van der Waals surface area contributed by atoms with E-state index in [1.807, 2.05) is 18.3 Å². The number of amides is 1. The van der Waals surface area contributed by atoms with Crippen molar-refractivity contribution in [2.75, 3.05) is 13.2 Å². The maximum atomic E-state index is 12.1. The van der Waals surface area contributed by atoms with Gasteiger partial charge in [-0.25, -0.2) is 0 Å². The molecule has 0 aliphatic carbocycles. The SMILES string of the molecule is CCCCC(=O)NC(c1cccnc1)C1CCOCC1. The van der Waals surface area contributed by atoms with Crippen LogP contribution in [0.2, 0.25) is 0 Å². The van der Waals surface area contributed by atoms with Crippen molar-refractivity contribution in [2.45, 2.75) is 45.1 Å². The minimum atomic E-state index is 0.0666. The normalized spacial score (nSPS) is 17.6. The van der Waals surface area contributed by atoms with Gasteiger partial charge in [0.05, 0.1) is 6.04 Å². The molecule has 1 saturated heterocycles. The molecule has 1 aromatic heterocycles. The van der Waals surface area contributed by atoms with Crippen molar-refractivity contribution in [2.24, 2.45) is 5.92 Å². The van der Waals surface area contributed by atoms with Crippen molar-refractivity contribution in [1.29, 1.82) is 0 Å². The van der Waals surface area contributed by atoms with Crippen LogP contribution in [-0.4, -0.2) is 24.1 Å². The quantitative estimate of drug-likeness (QED) is 0.869. The van der Waals surface area contributed by atoms with Gasteiger partial charge in [0.25, 0.3) is 0 Å². The molecule has 20 heavy (non-hydrogen) atoms. The average Bonchev–Trinajstić information content (AvgIpc) is 2.52. The van der Waals surface area contributed by atoms with E-state index in [9.17, 15) is 4.79 Å². The van der Waals surface area contributed by atoms with Gasteiger partial charge < -0.3 is 10.1 Å². The fourth-order valence-electron chi connectivity index (χ4n) is 2.67. The third-order valence-electron chi connectivity index (χ3n) is 3.85. The highest BCUT2D eigenvalue weighted by molar-refractivity contribution is 5.76. The van der Waals surface area contributed by atoms with Crippen molar-refractivity contribution in [3.63, 3.8) is 0 Å². The van der Waals surface area contributed by atoms with E-state index in [4.69, 9.17) is 4.74 Å². The van der Waals surface area contributed by atoms with Crippen molar-refractivity contribution in [3.8, 4) is 0 Å². The summed E-state index contributed by atoms with van der Waals surface area (Å²) in [5.74, 6) is 0.589. The third-order valence-corrected chi connectivity index (χ3v) is 3.85. The Morgan fingerprint density at radius 2 is 2.30 bits per heavy atom. The first-order valence-electron chi connectivity index (χ1n) is 7.58. The molecule has 0 bridgehead atoms. The number of hydrogen-bond donors (Lipinski definition) is 1. The number of carbonyl (C=O) groups excluding carboxylic acids is 1. The van der Waals surface area contributed by atoms with Crippen LogP contribution in [0.1, 0.15) is 50.6 Å². The van der Waals surface area contributed by atoms with E-state index < -0.39 is 0 Å². The number of nitrogens with one attached hydrogen (secondary N) is 1. The fourth-order valence-corrected chi connectivity index (χ4v) is 2.67. The molecule has 0 spiro atoms. The number of ether oxygens (including phenoxy) is 1. The number of hydrogen-bond acceptors (Lipinski definition) is 3. The van der Waals surface area contributed by atoms with E-state index in [2.05, 4.69) is 17.2 Å². The average molecular weight is 276 g/mol. The van der Waals surface area contributed by atoms with Gasteiger partial charge in [0, 0.05) is 32.0 Å². The minimum absolute atomic E-state index is 0.0666. The molecule has 1 aliphatic rings. The smallest absolute Gasteiger partial charge is 0.220 e. The number of aromatic nitrogens is 1. The topological polar surface area (TPSA) is 51.2 Å². The van der Waals surface area contributed by atoms with E-state index in [0.717, 1.165) is 44.5 Å². The van der Waals surface area contributed by atoms with E-state index in [0.29, 0.717) is 12.3 Å². The predicted molar refractivity (Wildman–Crippen MR) is 78.2 cm³/mol. The lowest BCUT2D eigenvalue weighted by Gasteiger charge is -2.31. The second kappa shape index (κ2) is 8.00. The summed E-state index contributed by atoms with van der Waals surface area (Å²) in [4.78, 5) is 16.3. The maximum absolute atomic E-state index is 12.1. The first-order valence-corrected chi connectivity index (χ1v) is 7.58. The number of unbranched alkanes of at least 4 members (excludes halogenated alkanes) is 1. The molecule has 1 unspecified atom stereocenters. The third kappa shape index (κ3) is 4.30. The minimum Gasteiger partial charge on any atom is -0.381 e. The molecule has 0 aromatic carbocycles. The number of pyridine rings is 1. The molecule has 4 nitrogen and oxygen atoms in total. The Bertz CT molecular complexity index is 402. The van der Waals surface area contributed by atoms with Gasteiger partial charge in [-0.05, 0) is 36.8 Å². The summed E-state index contributed by atoms with van der Waals surface area (Å²) in [5.41, 5.74) is 1.10. The molecule has 0 saturated carbocycles. The molecular weight excluding hydrogens is 252 g/mol. The van der Waals surface area contributed by atoms with Gasteiger partial charge in [-0.15, -0.1) is 0 Å². The number of carbonyl (C=O) groups is 1. The summed E-state index contributed by atoms with van der Waals surface area (Å²) in [6.45, 7) is 3.67. The Balaban J connectivity index is 2.05. The lowest BCUT2D eigenvalue weighted by Crippen LogP contribution is -2.36. The highest BCUT2D eigenvalue weighted by Crippen LogP contribution is 2.29. The largest absolute Gasteiger partial charge is 0.381 e. The molecule has 110 valence electrons. The lowest BCUT2D eigenvalue weighted by molar-refractivity contribution is -0.122. The van der Waals surface area contributed by atoms with Crippen molar-refractivity contribution in [1.82, 2.24) is 10.3 Å². The summed E-state index contributed by atoms with van der Waals surface area (Å²) in [7, 11) is 0. The van der Waals surface area contributed by atoms with Crippen LogP contribution in [0, 0.1) is 5.92 Å². The zero-order valence-electron chi connectivity index (χ0n) is 12.2. The highest BCUT2D eigenvalue weighted by Gasteiger charge is 2.26. The molecule has 1 aliphatic heterocycles. The summed E-state index contributed by atoms with van der Waals surface area (Å²) in [5, 5.41) is 3.20. The van der Waals surface area contributed by atoms with E-state index in [1.54, 1.807) is 6.20 Å². The second-order valence-electron chi connectivity index (χ2n) is 5.38. The van der Waals surface area contributed by atoms with Crippen LogP contribution >= 0.6 is 0 Å². The van der Waals surface area contributed by atoms with Crippen LogP contribution in [0.25, 0.3) is 0 Å².